The predicted molar refractivity (Wildman–Crippen MR) is 49.2 cm³/mol. The fourth-order valence-corrected chi connectivity index (χ4v) is 1.95. The summed E-state index contributed by atoms with van der Waals surface area (Å²) in [6, 6.07) is 0.705. The molecule has 0 bridgehead atoms. The van der Waals surface area contributed by atoms with E-state index in [-0.39, 0.29) is 0 Å². The van der Waals surface area contributed by atoms with Gasteiger partial charge in [0, 0.05) is 25.0 Å². The van der Waals surface area contributed by atoms with Gasteiger partial charge in [0.2, 0.25) is 5.95 Å². The summed E-state index contributed by atoms with van der Waals surface area (Å²) in [4.78, 5) is 9.80. The number of nitrogens with one attached hydrogen (secondary N) is 1. The number of H-pyrrole nitrogens is 1. The van der Waals surface area contributed by atoms with E-state index in [4.69, 9.17) is 0 Å². The highest BCUT2D eigenvalue weighted by atomic mass is 15.3. The van der Waals surface area contributed by atoms with Gasteiger partial charge in [0.15, 0.2) is 0 Å². The van der Waals surface area contributed by atoms with Crippen LogP contribution in [0.5, 0.6) is 0 Å². The second-order valence-electron chi connectivity index (χ2n) is 3.31. The van der Waals surface area contributed by atoms with E-state index < -0.39 is 0 Å². The second-order valence-corrected chi connectivity index (χ2v) is 3.31. The Labute approximate surface area is 72.8 Å². The lowest BCUT2D eigenvalue weighted by molar-refractivity contribution is 0.636. The number of imidazole rings is 1. The van der Waals surface area contributed by atoms with Crippen molar-refractivity contribution in [2.24, 2.45) is 0 Å². The van der Waals surface area contributed by atoms with Crippen LogP contribution in [0, 0.1) is 0 Å². The first-order valence-corrected chi connectivity index (χ1v) is 4.68. The summed E-state index contributed by atoms with van der Waals surface area (Å²) in [5, 5.41) is 0. The number of rotatable bonds is 2. The van der Waals surface area contributed by atoms with E-state index in [0.717, 1.165) is 12.5 Å². The Morgan fingerprint density at radius 2 is 2.67 bits per heavy atom. The topological polar surface area (TPSA) is 31.9 Å². The third-order valence-electron chi connectivity index (χ3n) is 2.60. The molecule has 0 amide bonds. The van der Waals surface area contributed by atoms with Crippen LogP contribution >= 0.6 is 0 Å². The van der Waals surface area contributed by atoms with E-state index in [2.05, 4.69) is 21.8 Å². The van der Waals surface area contributed by atoms with Crippen molar-refractivity contribution in [3.05, 3.63) is 12.4 Å². The fourth-order valence-electron chi connectivity index (χ4n) is 1.95. The summed E-state index contributed by atoms with van der Waals surface area (Å²) >= 11 is 0. The lowest BCUT2D eigenvalue weighted by atomic mass is 10.2. The summed E-state index contributed by atoms with van der Waals surface area (Å²) in [6.45, 7) is 3.40. The van der Waals surface area contributed by atoms with Crippen molar-refractivity contribution in [1.29, 1.82) is 0 Å². The third kappa shape index (κ3) is 1.19. The zero-order valence-corrected chi connectivity index (χ0v) is 7.45. The zero-order valence-electron chi connectivity index (χ0n) is 7.45. The molecule has 3 heteroatoms. The molecule has 12 heavy (non-hydrogen) atoms. The van der Waals surface area contributed by atoms with Crippen LogP contribution in [0.1, 0.15) is 26.2 Å². The summed E-state index contributed by atoms with van der Waals surface area (Å²) < 4.78 is 0. The van der Waals surface area contributed by atoms with Crippen molar-refractivity contribution in [3.63, 3.8) is 0 Å². The van der Waals surface area contributed by atoms with Crippen molar-refractivity contribution < 1.29 is 0 Å². The van der Waals surface area contributed by atoms with Crippen LogP contribution in [-0.2, 0) is 0 Å². The molecular weight excluding hydrogens is 150 g/mol. The van der Waals surface area contributed by atoms with Crippen LogP contribution in [0.15, 0.2) is 12.4 Å². The molecular formula is C9H15N3. The minimum Gasteiger partial charge on any atom is -0.339 e. The molecule has 1 unspecified atom stereocenters. The normalized spacial score (nSPS) is 23.4. The molecule has 1 atom stereocenters. The van der Waals surface area contributed by atoms with E-state index in [0.29, 0.717) is 6.04 Å². The summed E-state index contributed by atoms with van der Waals surface area (Å²) in [5.74, 6) is 1.04. The molecule has 1 aromatic heterocycles. The number of anilines is 1. The van der Waals surface area contributed by atoms with E-state index in [1.165, 1.54) is 19.3 Å². The SMILES string of the molecule is CCC1CCCN1c1ncc[nH]1. The molecule has 2 rings (SSSR count). The highest BCUT2D eigenvalue weighted by Crippen LogP contribution is 2.23. The van der Waals surface area contributed by atoms with Crippen LogP contribution in [0.25, 0.3) is 0 Å². The van der Waals surface area contributed by atoms with Gasteiger partial charge in [-0.25, -0.2) is 4.98 Å². The quantitative estimate of drug-likeness (QED) is 0.724. The number of hydrogen-bond acceptors (Lipinski definition) is 2. The van der Waals surface area contributed by atoms with Gasteiger partial charge in [-0.15, -0.1) is 0 Å². The van der Waals surface area contributed by atoms with E-state index in [9.17, 15) is 0 Å². The molecule has 1 aromatic rings. The molecule has 0 aromatic carbocycles. The third-order valence-corrected chi connectivity index (χ3v) is 2.60. The lowest BCUT2D eigenvalue weighted by Gasteiger charge is -2.22. The minimum atomic E-state index is 0.705. The highest BCUT2D eigenvalue weighted by molar-refractivity contribution is 5.32. The molecule has 2 heterocycles. The van der Waals surface area contributed by atoms with Gasteiger partial charge in [0.1, 0.15) is 0 Å². The molecule has 66 valence electrons. The molecule has 0 aliphatic carbocycles. The van der Waals surface area contributed by atoms with Gasteiger partial charge in [-0.05, 0) is 19.3 Å². The fraction of sp³-hybridized carbons (Fsp3) is 0.667. The van der Waals surface area contributed by atoms with E-state index >= 15 is 0 Å². The number of hydrogen-bond donors (Lipinski definition) is 1. The smallest absolute Gasteiger partial charge is 0.202 e. The first kappa shape index (κ1) is 7.65. The number of aromatic amines is 1. The van der Waals surface area contributed by atoms with Crippen molar-refractivity contribution in [2.75, 3.05) is 11.4 Å². The second kappa shape index (κ2) is 3.17. The van der Waals surface area contributed by atoms with Gasteiger partial charge in [-0.3, -0.25) is 0 Å². The van der Waals surface area contributed by atoms with Gasteiger partial charge in [0.05, 0.1) is 0 Å². The van der Waals surface area contributed by atoms with Crippen molar-refractivity contribution in [1.82, 2.24) is 9.97 Å². The monoisotopic (exact) mass is 165 g/mol. The number of aromatic nitrogens is 2. The van der Waals surface area contributed by atoms with E-state index in [1.54, 1.807) is 0 Å². The number of nitrogens with zero attached hydrogens (tertiary/aromatic N) is 2. The predicted octanol–water partition coefficient (Wildman–Crippen LogP) is 1.79. The molecule has 1 aliphatic heterocycles. The van der Waals surface area contributed by atoms with E-state index in [1.807, 2.05) is 12.4 Å². The summed E-state index contributed by atoms with van der Waals surface area (Å²) in [7, 11) is 0. The molecule has 1 saturated heterocycles. The minimum absolute atomic E-state index is 0.705. The molecule has 0 spiro atoms. The molecule has 1 N–H and O–H groups in total. The Morgan fingerprint density at radius 3 is 3.33 bits per heavy atom. The maximum atomic E-state index is 4.27. The highest BCUT2D eigenvalue weighted by Gasteiger charge is 2.24. The molecule has 0 saturated carbocycles. The van der Waals surface area contributed by atoms with Crippen LogP contribution in [0.4, 0.5) is 5.95 Å². The molecule has 0 radical (unpaired) electrons. The lowest BCUT2D eigenvalue weighted by Crippen LogP contribution is -2.29. The first-order valence-electron chi connectivity index (χ1n) is 4.68. The van der Waals surface area contributed by atoms with Crippen molar-refractivity contribution >= 4 is 5.95 Å². The Balaban J connectivity index is 2.13. The van der Waals surface area contributed by atoms with Crippen LogP contribution in [0.2, 0.25) is 0 Å². The van der Waals surface area contributed by atoms with Crippen molar-refractivity contribution in [2.45, 2.75) is 32.2 Å². The summed E-state index contributed by atoms with van der Waals surface area (Å²) in [5.41, 5.74) is 0. The van der Waals surface area contributed by atoms with Gasteiger partial charge in [-0.1, -0.05) is 6.92 Å². The van der Waals surface area contributed by atoms with Gasteiger partial charge < -0.3 is 9.88 Å². The largest absolute Gasteiger partial charge is 0.339 e. The maximum absolute atomic E-state index is 4.27. The Kier molecular flexibility index (Phi) is 2.02. The molecule has 3 nitrogen and oxygen atoms in total. The van der Waals surface area contributed by atoms with Crippen LogP contribution in [-0.4, -0.2) is 22.6 Å². The maximum Gasteiger partial charge on any atom is 0.202 e. The Morgan fingerprint density at radius 1 is 1.75 bits per heavy atom. The summed E-state index contributed by atoms with van der Waals surface area (Å²) in [6.07, 6.45) is 7.55. The van der Waals surface area contributed by atoms with Crippen molar-refractivity contribution in [3.8, 4) is 0 Å². The van der Waals surface area contributed by atoms with Gasteiger partial charge in [-0.2, -0.15) is 0 Å². The molecule has 1 fully saturated rings. The average Bonchev–Trinajstić information content (AvgIpc) is 2.74. The zero-order chi connectivity index (χ0) is 8.39. The standard InChI is InChI=1S/C9H15N3/c1-2-8-4-3-7-12(8)9-10-5-6-11-9/h5-6,8H,2-4,7H2,1H3,(H,10,11). The Bertz CT molecular complexity index is 230. The Hall–Kier alpha value is -0.990. The van der Waals surface area contributed by atoms with Gasteiger partial charge >= 0.3 is 0 Å². The van der Waals surface area contributed by atoms with Crippen LogP contribution in [0.3, 0.4) is 0 Å². The molecule has 1 aliphatic rings. The first-order chi connectivity index (χ1) is 5.92. The van der Waals surface area contributed by atoms with Gasteiger partial charge in [0.25, 0.3) is 0 Å². The van der Waals surface area contributed by atoms with Crippen LogP contribution < -0.4 is 4.90 Å². The average molecular weight is 165 g/mol.